The lowest BCUT2D eigenvalue weighted by Crippen LogP contribution is -2.48. The van der Waals surface area contributed by atoms with Crippen molar-refractivity contribution in [3.63, 3.8) is 0 Å². The molecule has 2 aromatic rings. The molecule has 1 saturated heterocycles. The van der Waals surface area contributed by atoms with Gasteiger partial charge < -0.3 is 30.5 Å². The van der Waals surface area contributed by atoms with Gasteiger partial charge in [-0.15, -0.1) is 0 Å². The number of fused-ring (bicyclic) bond motifs is 1. The number of anilines is 4. The van der Waals surface area contributed by atoms with Crippen LogP contribution in [0.1, 0.15) is 55.3 Å². The van der Waals surface area contributed by atoms with Crippen LogP contribution in [-0.2, 0) is 4.79 Å². The number of ether oxygens (including phenoxy) is 1. The minimum Gasteiger partial charge on any atom is -0.495 e. The number of amides is 2. The molecule has 1 aliphatic carbocycles. The highest BCUT2D eigenvalue weighted by atomic mass is 19.3. The predicted octanol–water partition coefficient (Wildman–Crippen LogP) is 3.46. The molecular formula is C27H35F2N7O3. The molecule has 1 aromatic carbocycles. The second kappa shape index (κ2) is 11.3. The minimum absolute atomic E-state index is 0.115. The van der Waals surface area contributed by atoms with Gasteiger partial charge in [0.25, 0.3) is 11.8 Å². The molecule has 0 radical (unpaired) electrons. The largest absolute Gasteiger partial charge is 0.495 e. The normalized spacial score (nSPS) is 21.6. The summed E-state index contributed by atoms with van der Waals surface area (Å²) in [6.45, 7) is 1.10. The number of hydrogen-bond donors (Lipinski definition) is 3. The summed E-state index contributed by atoms with van der Waals surface area (Å²) in [6.07, 6.45) is 7.61. The van der Waals surface area contributed by atoms with E-state index in [2.05, 4.69) is 25.9 Å². The monoisotopic (exact) mass is 543 g/mol. The maximum Gasteiger partial charge on any atom is 0.342 e. The summed E-state index contributed by atoms with van der Waals surface area (Å²) in [5.74, 6) is -4.11. The third-order valence-corrected chi connectivity index (χ3v) is 7.76. The lowest BCUT2D eigenvalue weighted by atomic mass is 10.1. The quantitative estimate of drug-likeness (QED) is 0.508. The van der Waals surface area contributed by atoms with Crippen LogP contribution in [-0.4, -0.2) is 73.6 Å². The van der Waals surface area contributed by atoms with Crippen LogP contribution in [0.4, 0.5) is 31.9 Å². The van der Waals surface area contributed by atoms with Gasteiger partial charge in [0.15, 0.2) is 5.82 Å². The van der Waals surface area contributed by atoms with Gasteiger partial charge in [-0.05, 0) is 63.4 Å². The number of carbonyl (C=O) groups excluding carboxylic acids is 2. The van der Waals surface area contributed by atoms with Crippen molar-refractivity contribution in [1.82, 2.24) is 20.6 Å². The van der Waals surface area contributed by atoms with E-state index >= 15 is 0 Å². The number of carbonyl (C=O) groups is 2. The molecule has 1 atom stereocenters. The fourth-order valence-electron chi connectivity index (χ4n) is 5.59. The van der Waals surface area contributed by atoms with Crippen molar-refractivity contribution in [2.75, 3.05) is 48.9 Å². The van der Waals surface area contributed by atoms with Gasteiger partial charge >= 0.3 is 5.92 Å². The number of nitrogens with one attached hydrogen (secondary N) is 3. The number of nitrogens with zero attached hydrogens (tertiary/aromatic N) is 4. The molecule has 10 nitrogen and oxygen atoms in total. The van der Waals surface area contributed by atoms with Crippen LogP contribution in [0.25, 0.3) is 0 Å². The van der Waals surface area contributed by atoms with E-state index in [9.17, 15) is 18.4 Å². The second-order valence-corrected chi connectivity index (χ2v) is 10.4. The second-order valence-electron chi connectivity index (χ2n) is 10.4. The fraction of sp³-hybridized carbons (Fsp3) is 0.556. The third-order valence-electron chi connectivity index (χ3n) is 7.76. The van der Waals surface area contributed by atoms with Gasteiger partial charge in [-0.1, -0.05) is 12.8 Å². The van der Waals surface area contributed by atoms with Crippen molar-refractivity contribution < 1.29 is 23.1 Å². The van der Waals surface area contributed by atoms with Crippen LogP contribution in [0.3, 0.4) is 0 Å². The van der Waals surface area contributed by atoms with Gasteiger partial charge in [0, 0.05) is 24.7 Å². The number of rotatable bonds is 6. The lowest BCUT2D eigenvalue weighted by Gasteiger charge is -2.31. The number of aromatic nitrogens is 2. The van der Waals surface area contributed by atoms with E-state index in [0.29, 0.717) is 22.8 Å². The van der Waals surface area contributed by atoms with Crippen LogP contribution in [0.2, 0.25) is 0 Å². The first kappa shape index (κ1) is 27.0. The van der Waals surface area contributed by atoms with E-state index in [-0.39, 0.29) is 29.6 Å². The molecule has 2 aliphatic heterocycles. The Kier molecular flexibility index (Phi) is 7.83. The van der Waals surface area contributed by atoms with Gasteiger partial charge in [-0.25, -0.2) is 4.98 Å². The van der Waals surface area contributed by atoms with Gasteiger partial charge in [-0.2, -0.15) is 13.8 Å². The summed E-state index contributed by atoms with van der Waals surface area (Å²) in [5.41, 5.74) is 1.22. The average molecular weight is 544 g/mol. The van der Waals surface area contributed by atoms with Crippen molar-refractivity contribution in [3.05, 3.63) is 30.0 Å². The molecule has 2 fully saturated rings. The summed E-state index contributed by atoms with van der Waals surface area (Å²) in [6, 6.07) is 5.03. The van der Waals surface area contributed by atoms with E-state index in [4.69, 9.17) is 4.74 Å². The standard InChI is InChI=1S/C27H35F2N7O3/c1-35-21-15-31-26(34-23(21)36(19-7-3-4-8-19)16-27(28,29)25(35)38)33-20-10-9-17(14-22(20)39-2)24(37)32-18-6-5-12-30-13-11-18/h9-10,14-15,18-19,30H,3-8,11-13,16H2,1-2H3,(H,32,37)(H,31,33,34). The molecule has 1 unspecified atom stereocenters. The number of halogens is 2. The Morgan fingerprint density at radius 1 is 1.15 bits per heavy atom. The highest BCUT2D eigenvalue weighted by molar-refractivity contribution is 6.02. The molecule has 5 rings (SSSR count). The van der Waals surface area contributed by atoms with E-state index in [1.807, 2.05) is 0 Å². The first-order chi connectivity index (χ1) is 18.8. The highest BCUT2D eigenvalue weighted by Gasteiger charge is 2.48. The molecule has 2 amide bonds. The van der Waals surface area contributed by atoms with E-state index in [1.54, 1.807) is 23.1 Å². The molecule has 210 valence electrons. The van der Waals surface area contributed by atoms with E-state index in [0.717, 1.165) is 62.9 Å². The first-order valence-corrected chi connectivity index (χ1v) is 13.5. The Bertz CT molecular complexity index is 1210. The third kappa shape index (κ3) is 5.75. The predicted molar refractivity (Wildman–Crippen MR) is 144 cm³/mol. The van der Waals surface area contributed by atoms with Crippen LogP contribution < -0.4 is 30.5 Å². The zero-order valence-electron chi connectivity index (χ0n) is 22.3. The van der Waals surface area contributed by atoms with Crippen molar-refractivity contribution >= 4 is 35.0 Å². The first-order valence-electron chi connectivity index (χ1n) is 13.5. The molecule has 3 heterocycles. The minimum atomic E-state index is -3.54. The molecular weight excluding hydrogens is 508 g/mol. The highest BCUT2D eigenvalue weighted by Crippen LogP contribution is 2.40. The zero-order chi connectivity index (χ0) is 27.6. The molecule has 1 saturated carbocycles. The number of benzene rings is 1. The van der Waals surface area contributed by atoms with Crippen LogP contribution in [0, 0.1) is 0 Å². The Morgan fingerprint density at radius 3 is 2.72 bits per heavy atom. The van der Waals surface area contributed by atoms with Gasteiger partial charge in [0.1, 0.15) is 11.4 Å². The molecule has 0 spiro atoms. The van der Waals surface area contributed by atoms with Gasteiger partial charge in [-0.3, -0.25) is 9.59 Å². The van der Waals surface area contributed by atoms with E-state index in [1.165, 1.54) is 20.4 Å². The Balaban J connectivity index is 1.40. The van der Waals surface area contributed by atoms with Crippen molar-refractivity contribution in [1.29, 1.82) is 0 Å². The molecule has 3 N–H and O–H groups in total. The maximum atomic E-state index is 14.8. The summed E-state index contributed by atoms with van der Waals surface area (Å²) < 4.78 is 35.2. The summed E-state index contributed by atoms with van der Waals surface area (Å²) >= 11 is 0. The molecule has 1 aromatic heterocycles. The fourth-order valence-corrected chi connectivity index (χ4v) is 5.59. The molecule has 3 aliphatic rings. The Labute approximate surface area is 226 Å². The lowest BCUT2D eigenvalue weighted by molar-refractivity contribution is -0.140. The van der Waals surface area contributed by atoms with Crippen LogP contribution >= 0.6 is 0 Å². The topological polar surface area (TPSA) is 112 Å². The van der Waals surface area contributed by atoms with Crippen molar-refractivity contribution in [2.24, 2.45) is 0 Å². The number of alkyl halides is 2. The molecule has 12 heteroatoms. The van der Waals surface area contributed by atoms with Crippen molar-refractivity contribution in [3.8, 4) is 5.75 Å². The molecule has 0 bridgehead atoms. The van der Waals surface area contributed by atoms with Crippen LogP contribution in [0.5, 0.6) is 5.75 Å². The summed E-state index contributed by atoms with van der Waals surface area (Å²) in [5, 5.41) is 9.54. The van der Waals surface area contributed by atoms with Gasteiger partial charge in [0.05, 0.1) is 25.5 Å². The maximum absolute atomic E-state index is 14.8. The summed E-state index contributed by atoms with van der Waals surface area (Å²) in [4.78, 5) is 36.8. The smallest absolute Gasteiger partial charge is 0.342 e. The molecule has 39 heavy (non-hydrogen) atoms. The van der Waals surface area contributed by atoms with Crippen LogP contribution in [0.15, 0.2) is 24.4 Å². The average Bonchev–Trinajstić information content (AvgIpc) is 3.32. The van der Waals surface area contributed by atoms with Gasteiger partial charge in [0.2, 0.25) is 5.95 Å². The summed E-state index contributed by atoms with van der Waals surface area (Å²) in [7, 11) is 2.82. The number of methoxy groups -OCH3 is 1. The zero-order valence-corrected chi connectivity index (χ0v) is 22.3. The SMILES string of the molecule is COc1cc(C(=O)NC2CCCNCC2)ccc1Nc1ncc2c(n1)N(C1CCCC1)CC(F)(F)C(=O)N2C. The number of hydrogen-bond acceptors (Lipinski definition) is 8. The van der Waals surface area contributed by atoms with E-state index < -0.39 is 18.4 Å². The Morgan fingerprint density at radius 2 is 1.95 bits per heavy atom. The Hall–Kier alpha value is -3.54. The van der Waals surface area contributed by atoms with Crippen molar-refractivity contribution in [2.45, 2.75) is 63.0 Å².